The predicted molar refractivity (Wildman–Crippen MR) is 85.1 cm³/mol. The third-order valence-corrected chi connectivity index (χ3v) is 3.56. The van der Waals surface area contributed by atoms with Crippen LogP contribution < -0.4 is 10.6 Å². The van der Waals surface area contributed by atoms with Crippen LogP contribution >= 0.6 is 11.6 Å². The van der Waals surface area contributed by atoms with Gasteiger partial charge in [0.2, 0.25) is 5.91 Å². The van der Waals surface area contributed by atoms with Gasteiger partial charge in [-0.2, -0.15) is 5.10 Å². The molecule has 2 aromatic rings. The highest BCUT2D eigenvalue weighted by atomic mass is 35.5. The van der Waals surface area contributed by atoms with Crippen molar-refractivity contribution < 1.29 is 9.59 Å². The number of benzene rings is 1. The normalized spacial score (nSPS) is 10.4. The number of hydrogen-bond donors (Lipinski definition) is 2. The molecule has 0 unspecified atom stereocenters. The second-order valence-electron chi connectivity index (χ2n) is 4.97. The monoisotopic (exact) mass is 320 g/mol. The molecule has 0 saturated heterocycles. The summed E-state index contributed by atoms with van der Waals surface area (Å²) in [6.07, 6.45) is 0. The second kappa shape index (κ2) is 6.62. The van der Waals surface area contributed by atoms with E-state index in [4.69, 9.17) is 11.6 Å². The van der Waals surface area contributed by atoms with Crippen molar-refractivity contribution in [3.63, 3.8) is 0 Å². The Morgan fingerprint density at radius 1 is 1.27 bits per heavy atom. The molecular formula is C15H17ClN4O2. The number of aryl methyl sites for hydroxylation is 3. The summed E-state index contributed by atoms with van der Waals surface area (Å²) in [6, 6.07) is 7.20. The van der Waals surface area contributed by atoms with Crippen LogP contribution in [0.4, 0.5) is 5.69 Å². The van der Waals surface area contributed by atoms with Gasteiger partial charge in [0.25, 0.3) is 5.91 Å². The summed E-state index contributed by atoms with van der Waals surface area (Å²) in [5, 5.41) is 9.60. The molecule has 6 nitrogen and oxygen atoms in total. The lowest BCUT2D eigenvalue weighted by Gasteiger charge is -2.11. The molecule has 1 heterocycles. The first-order valence-corrected chi connectivity index (χ1v) is 7.10. The van der Waals surface area contributed by atoms with Gasteiger partial charge in [0, 0.05) is 18.8 Å². The minimum absolute atomic E-state index is 0.138. The molecule has 0 atom stereocenters. The van der Waals surface area contributed by atoms with Gasteiger partial charge in [-0.3, -0.25) is 14.3 Å². The van der Waals surface area contributed by atoms with E-state index < -0.39 is 5.91 Å². The van der Waals surface area contributed by atoms with E-state index >= 15 is 0 Å². The van der Waals surface area contributed by atoms with Crippen LogP contribution in [0, 0.1) is 13.8 Å². The Morgan fingerprint density at radius 3 is 2.45 bits per heavy atom. The molecule has 0 saturated carbocycles. The SMILES string of the molecule is Cc1cccc(C)c1NC(=O)CNC(=O)c1cc(Cl)n(C)n1. The van der Waals surface area contributed by atoms with E-state index in [-0.39, 0.29) is 18.1 Å². The zero-order valence-electron chi connectivity index (χ0n) is 12.6. The number of aromatic nitrogens is 2. The first-order chi connectivity index (χ1) is 10.4. The maximum Gasteiger partial charge on any atom is 0.272 e. The Hall–Kier alpha value is -2.34. The Morgan fingerprint density at radius 2 is 1.91 bits per heavy atom. The Labute approximate surface area is 133 Å². The maximum atomic E-state index is 11.9. The summed E-state index contributed by atoms with van der Waals surface area (Å²) in [7, 11) is 1.63. The molecule has 22 heavy (non-hydrogen) atoms. The molecule has 0 aliphatic carbocycles. The van der Waals surface area contributed by atoms with Crippen LogP contribution in [-0.2, 0) is 11.8 Å². The lowest BCUT2D eigenvalue weighted by Crippen LogP contribution is -2.33. The molecule has 2 amide bonds. The number of rotatable bonds is 4. The highest BCUT2D eigenvalue weighted by Gasteiger charge is 2.13. The van der Waals surface area contributed by atoms with Crippen LogP contribution in [0.1, 0.15) is 21.6 Å². The summed E-state index contributed by atoms with van der Waals surface area (Å²) in [5.41, 5.74) is 2.88. The standard InChI is InChI=1S/C15H17ClN4O2/c1-9-5-4-6-10(2)14(9)18-13(21)8-17-15(22)11-7-12(16)20(3)19-11/h4-7H,8H2,1-3H3,(H,17,22)(H,18,21). The Bertz CT molecular complexity index is 685. The lowest BCUT2D eigenvalue weighted by molar-refractivity contribution is -0.115. The van der Waals surface area contributed by atoms with Crippen molar-refractivity contribution in [3.05, 3.63) is 46.2 Å². The van der Waals surface area contributed by atoms with Gasteiger partial charge in [-0.05, 0) is 25.0 Å². The lowest BCUT2D eigenvalue weighted by atomic mass is 10.1. The second-order valence-corrected chi connectivity index (χ2v) is 5.36. The molecule has 0 aliphatic rings. The van der Waals surface area contributed by atoms with Crippen molar-refractivity contribution in [2.24, 2.45) is 7.05 Å². The zero-order chi connectivity index (χ0) is 16.3. The van der Waals surface area contributed by atoms with Gasteiger partial charge in [-0.25, -0.2) is 0 Å². The fourth-order valence-corrected chi connectivity index (χ4v) is 2.14. The van der Waals surface area contributed by atoms with Crippen LogP contribution in [-0.4, -0.2) is 28.1 Å². The predicted octanol–water partition coefficient (Wildman–Crippen LogP) is 2.06. The topological polar surface area (TPSA) is 76.0 Å². The number of amides is 2. The van der Waals surface area contributed by atoms with Gasteiger partial charge < -0.3 is 10.6 Å². The van der Waals surface area contributed by atoms with Gasteiger partial charge in [-0.15, -0.1) is 0 Å². The maximum absolute atomic E-state index is 11.9. The minimum Gasteiger partial charge on any atom is -0.342 e. The average molecular weight is 321 g/mol. The summed E-state index contributed by atoms with van der Waals surface area (Å²) in [5.74, 6) is -0.744. The molecule has 1 aromatic carbocycles. The van der Waals surface area contributed by atoms with Crippen molar-refractivity contribution >= 4 is 29.1 Å². The molecular weight excluding hydrogens is 304 g/mol. The van der Waals surface area contributed by atoms with Crippen molar-refractivity contribution in [2.45, 2.75) is 13.8 Å². The third kappa shape index (κ3) is 3.65. The number of nitrogens with zero attached hydrogens (tertiary/aromatic N) is 2. The van der Waals surface area contributed by atoms with Gasteiger partial charge in [-0.1, -0.05) is 29.8 Å². The zero-order valence-corrected chi connectivity index (χ0v) is 13.4. The molecule has 7 heteroatoms. The number of para-hydroxylation sites is 1. The van der Waals surface area contributed by atoms with Crippen molar-refractivity contribution in [1.82, 2.24) is 15.1 Å². The molecule has 1 aromatic heterocycles. The molecule has 0 bridgehead atoms. The molecule has 116 valence electrons. The molecule has 2 N–H and O–H groups in total. The third-order valence-electron chi connectivity index (χ3n) is 3.21. The van der Waals surface area contributed by atoms with Gasteiger partial charge >= 0.3 is 0 Å². The summed E-state index contributed by atoms with van der Waals surface area (Å²) >= 11 is 5.82. The number of anilines is 1. The number of hydrogen-bond acceptors (Lipinski definition) is 3. The fraction of sp³-hybridized carbons (Fsp3) is 0.267. The number of carbonyl (C=O) groups excluding carboxylic acids is 2. The Kier molecular flexibility index (Phi) is 4.82. The van der Waals surface area contributed by atoms with Crippen LogP contribution in [0.15, 0.2) is 24.3 Å². The average Bonchev–Trinajstić information content (AvgIpc) is 2.80. The summed E-state index contributed by atoms with van der Waals surface area (Å²) in [6.45, 7) is 3.69. The number of nitrogens with one attached hydrogen (secondary N) is 2. The van der Waals surface area contributed by atoms with E-state index in [0.29, 0.717) is 5.15 Å². The largest absolute Gasteiger partial charge is 0.342 e. The van der Waals surface area contributed by atoms with Gasteiger partial charge in [0.05, 0.1) is 6.54 Å². The van der Waals surface area contributed by atoms with E-state index in [1.54, 1.807) is 7.05 Å². The van der Waals surface area contributed by atoms with E-state index in [1.807, 2.05) is 32.0 Å². The van der Waals surface area contributed by atoms with Crippen molar-refractivity contribution in [3.8, 4) is 0 Å². The van der Waals surface area contributed by atoms with E-state index in [1.165, 1.54) is 10.7 Å². The Balaban J connectivity index is 1.94. The number of halogens is 1. The molecule has 0 spiro atoms. The highest BCUT2D eigenvalue weighted by molar-refractivity contribution is 6.30. The fourth-order valence-electron chi connectivity index (χ4n) is 2.00. The molecule has 0 aliphatic heterocycles. The molecule has 0 radical (unpaired) electrons. The minimum atomic E-state index is -0.445. The summed E-state index contributed by atoms with van der Waals surface area (Å²) < 4.78 is 1.38. The van der Waals surface area contributed by atoms with Crippen LogP contribution in [0.2, 0.25) is 5.15 Å². The molecule has 0 fully saturated rings. The van der Waals surface area contributed by atoms with Crippen LogP contribution in [0.3, 0.4) is 0 Å². The van der Waals surface area contributed by atoms with E-state index in [9.17, 15) is 9.59 Å². The summed E-state index contributed by atoms with van der Waals surface area (Å²) in [4.78, 5) is 23.8. The molecule has 2 rings (SSSR count). The smallest absolute Gasteiger partial charge is 0.272 e. The first-order valence-electron chi connectivity index (χ1n) is 6.72. The van der Waals surface area contributed by atoms with Crippen LogP contribution in [0.25, 0.3) is 0 Å². The highest BCUT2D eigenvalue weighted by Crippen LogP contribution is 2.19. The van der Waals surface area contributed by atoms with E-state index in [2.05, 4.69) is 15.7 Å². The van der Waals surface area contributed by atoms with Crippen LogP contribution in [0.5, 0.6) is 0 Å². The van der Waals surface area contributed by atoms with E-state index in [0.717, 1.165) is 16.8 Å². The van der Waals surface area contributed by atoms with Gasteiger partial charge in [0.1, 0.15) is 5.15 Å². The van der Waals surface area contributed by atoms with Crippen molar-refractivity contribution in [1.29, 1.82) is 0 Å². The van der Waals surface area contributed by atoms with Crippen molar-refractivity contribution in [2.75, 3.05) is 11.9 Å². The number of carbonyl (C=O) groups is 2. The quantitative estimate of drug-likeness (QED) is 0.905. The first kappa shape index (κ1) is 16.0. The van der Waals surface area contributed by atoms with Gasteiger partial charge in [0.15, 0.2) is 5.69 Å².